The number of hydrogen-bond acceptors (Lipinski definition) is 3. The van der Waals surface area contributed by atoms with Gasteiger partial charge < -0.3 is 10.6 Å². The molecule has 0 bridgehead atoms. The highest BCUT2D eigenvalue weighted by molar-refractivity contribution is 6.00. The summed E-state index contributed by atoms with van der Waals surface area (Å²) in [6.45, 7) is 6.14. The fourth-order valence-corrected chi connectivity index (χ4v) is 2.00. The molecule has 0 aliphatic rings. The minimum atomic E-state index is 0.799. The second-order valence-corrected chi connectivity index (χ2v) is 3.75. The fraction of sp³-hybridized carbons (Fsp3) is 0.308. The van der Waals surface area contributed by atoms with Crippen molar-refractivity contribution < 1.29 is 0 Å². The van der Waals surface area contributed by atoms with Crippen LogP contribution in [0.3, 0.4) is 0 Å². The summed E-state index contributed by atoms with van der Waals surface area (Å²) in [5.74, 6) is 0.987. The molecule has 0 saturated carbocycles. The second-order valence-electron chi connectivity index (χ2n) is 3.75. The quantitative estimate of drug-likeness (QED) is 0.800. The first kappa shape index (κ1) is 10.7. The fourth-order valence-electron chi connectivity index (χ4n) is 2.00. The van der Waals surface area contributed by atoms with Crippen molar-refractivity contribution in [1.82, 2.24) is 4.98 Å². The monoisotopic (exact) mass is 215 g/mol. The second kappa shape index (κ2) is 4.39. The first-order valence-electron chi connectivity index (χ1n) is 5.66. The highest BCUT2D eigenvalue weighted by Crippen LogP contribution is 2.29. The Morgan fingerprint density at radius 2 is 1.94 bits per heavy atom. The average Bonchev–Trinajstić information content (AvgIpc) is 2.31. The predicted octanol–water partition coefficient (Wildman–Crippen LogP) is 2.66. The first-order chi connectivity index (χ1) is 7.77. The van der Waals surface area contributed by atoms with Crippen LogP contribution in [0.15, 0.2) is 30.5 Å². The summed E-state index contributed by atoms with van der Waals surface area (Å²) in [7, 11) is 0. The molecule has 2 N–H and O–H groups in total. The van der Waals surface area contributed by atoms with E-state index in [1.165, 1.54) is 0 Å². The van der Waals surface area contributed by atoms with Gasteiger partial charge in [0.2, 0.25) is 0 Å². The molecule has 0 unspecified atom stereocenters. The van der Waals surface area contributed by atoms with E-state index in [9.17, 15) is 0 Å². The summed E-state index contributed by atoms with van der Waals surface area (Å²) in [5.41, 5.74) is 6.84. The molecule has 0 fully saturated rings. The lowest BCUT2D eigenvalue weighted by Crippen LogP contribution is -2.23. The van der Waals surface area contributed by atoms with Gasteiger partial charge in [-0.15, -0.1) is 0 Å². The van der Waals surface area contributed by atoms with Crippen molar-refractivity contribution in [3.05, 3.63) is 30.5 Å². The van der Waals surface area contributed by atoms with Crippen molar-refractivity contribution >= 4 is 22.3 Å². The predicted molar refractivity (Wildman–Crippen MR) is 69.7 cm³/mol. The van der Waals surface area contributed by atoms with Gasteiger partial charge >= 0.3 is 0 Å². The molecule has 1 aromatic carbocycles. The zero-order chi connectivity index (χ0) is 11.5. The number of hydrogen-bond donors (Lipinski definition) is 1. The van der Waals surface area contributed by atoms with E-state index in [2.05, 4.69) is 29.8 Å². The number of nitrogens with zero attached hydrogens (tertiary/aromatic N) is 2. The largest absolute Gasteiger partial charge is 0.398 e. The standard InChI is InChI=1S/C13H17N3/c1-3-16(4-2)13-12-10(8-9-15-13)6-5-7-11(12)14/h5-9H,3-4,14H2,1-2H3. The zero-order valence-corrected chi connectivity index (χ0v) is 9.77. The normalized spacial score (nSPS) is 10.6. The number of pyridine rings is 1. The van der Waals surface area contributed by atoms with Crippen LogP contribution in [0.2, 0.25) is 0 Å². The van der Waals surface area contributed by atoms with Gasteiger partial charge in [-0.25, -0.2) is 4.98 Å². The van der Waals surface area contributed by atoms with Crippen molar-refractivity contribution in [2.24, 2.45) is 0 Å². The van der Waals surface area contributed by atoms with E-state index in [0.717, 1.165) is 35.4 Å². The van der Waals surface area contributed by atoms with Crippen LogP contribution in [0.5, 0.6) is 0 Å². The Balaban J connectivity index is 2.69. The van der Waals surface area contributed by atoms with E-state index in [1.54, 1.807) is 0 Å². The molecular weight excluding hydrogens is 198 g/mol. The minimum Gasteiger partial charge on any atom is -0.398 e. The molecule has 1 heterocycles. The molecule has 1 aromatic heterocycles. The van der Waals surface area contributed by atoms with E-state index >= 15 is 0 Å². The van der Waals surface area contributed by atoms with E-state index in [0.29, 0.717) is 0 Å². The molecule has 3 heteroatoms. The Bertz CT molecular complexity index is 484. The van der Waals surface area contributed by atoms with Gasteiger partial charge in [0.25, 0.3) is 0 Å². The smallest absolute Gasteiger partial charge is 0.138 e. The third kappa shape index (κ3) is 1.69. The van der Waals surface area contributed by atoms with Gasteiger partial charge in [-0.2, -0.15) is 0 Å². The third-order valence-corrected chi connectivity index (χ3v) is 2.87. The number of benzene rings is 1. The summed E-state index contributed by atoms with van der Waals surface area (Å²) < 4.78 is 0. The SMILES string of the molecule is CCN(CC)c1nccc2cccc(N)c12. The van der Waals surface area contributed by atoms with E-state index in [-0.39, 0.29) is 0 Å². The zero-order valence-electron chi connectivity index (χ0n) is 9.77. The summed E-state index contributed by atoms with van der Waals surface area (Å²) in [4.78, 5) is 6.68. The Kier molecular flexibility index (Phi) is 2.95. The molecule has 16 heavy (non-hydrogen) atoms. The van der Waals surface area contributed by atoms with Crippen LogP contribution in [0.4, 0.5) is 11.5 Å². The average molecular weight is 215 g/mol. The Morgan fingerprint density at radius 1 is 1.19 bits per heavy atom. The first-order valence-corrected chi connectivity index (χ1v) is 5.66. The van der Waals surface area contributed by atoms with Crippen LogP contribution >= 0.6 is 0 Å². The molecule has 3 nitrogen and oxygen atoms in total. The topological polar surface area (TPSA) is 42.2 Å². The van der Waals surface area contributed by atoms with E-state index < -0.39 is 0 Å². The van der Waals surface area contributed by atoms with E-state index in [1.807, 2.05) is 24.4 Å². The number of aromatic nitrogens is 1. The van der Waals surface area contributed by atoms with Gasteiger partial charge in [0, 0.05) is 30.4 Å². The third-order valence-electron chi connectivity index (χ3n) is 2.87. The maximum Gasteiger partial charge on any atom is 0.138 e. The Morgan fingerprint density at radius 3 is 2.62 bits per heavy atom. The molecule has 2 aromatic rings. The van der Waals surface area contributed by atoms with Crippen LogP contribution in [0, 0.1) is 0 Å². The van der Waals surface area contributed by atoms with Gasteiger partial charge in [-0.1, -0.05) is 12.1 Å². The molecule has 0 saturated heterocycles. The summed E-state index contributed by atoms with van der Waals surface area (Å²) in [5, 5.41) is 2.21. The molecule has 0 amide bonds. The van der Waals surface area contributed by atoms with Crippen LogP contribution in [0.1, 0.15) is 13.8 Å². The number of nitrogens with two attached hydrogens (primary N) is 1. The van der Waals surface area contributed by atoms with Crippen molar-refractivity contribution in [1.29, 1.82) is 0 Å². The minimum absolute atomic E-state index is 0.799. The highest BCUT2D eigenvalue weighted by atomic mass is 15.2. The number of rotatable bonds is 3. The van der Waals surface area contributed by atoms with Crippen LogP contribution in [0.25, 0.3) is 10.8 Å². The lowest BCUT2D eigenvalue weighted by molar-refractivity contribution is 0.852. The molecule has 0 atom stereocenters. The van der Waals surface area contributed by atoms with Gasteiger partial charge in [0.1, 0.15) is 5.82 Å². The molecule has 84 valence electrons. The number of anilines is 2. The number of nitrogen functional groups attached to an aromatic ring is 1. The lowest BCUT2D eigenvalue weighted by Gasteiger charge is -2.21. The lowest BCUT2D eigenvalue weighted by atomic mass is 10.1. The molecular formula is C13H17N3. The summed E-state index contributed by atoms with van der Waals surface area (Å²) in [6.07, 6.45) is 1.84. The van der Waals surface area contributed by atoms with Crippen molar-refractivity contribution in [2.75, 3.05) is 23.7 Å². The Hall–Kier alpha value is -1.77. The van der Waals surface area contributed by atoms with Gasteiger partial charge in [0.05, 0.1) is 0 Å². The molecule has 0 spiro atoms. The maximum atomic E-state index is 6.04. The van der Waals surface area contributed by atoms with Gasteiger partial charge in [-0.05, 0) is 31.4 Å². The van der Waals surface area contributed by atoms with E-state index in [4.69, 9.17) is 5.73 Å². The Labute approximate surface area is 95.9 Å². The molecule has 0 aliphatic heterocycles. The van der Waals surface area contributed by atoms with Gasteiger partial charge in [-0.3, -0.25) is 0 Å². The van der Waals surface area contributed by atoms with Crippen molar-refractivity contribution in [3.63, 3.8) is 0 Å². The van der Waals surface area contributed by atoms with Crippen LogP contribution < -0.4 is 10.6 Å². The molecule has 0 radical (unpaired) electrons. The van der Waals surface area contributed by atoms with Gasteiger partial charge in [0.15, 0.2) is 0 Å². The maximum absolute atomic E-state index is 6.04. The molecule has 2 rings (SSSR count). The summed E-state index contributed by atoms with van der Waals surface area (Å²) >= 11 is 0. The van der Waals surface area contributed by atoms with Crippen LogP contribution in [-0.2, 0) is 0 Å². The van der Waals surface area contributed by atoms with Crippen molar-refractivity contribution in [2.45, 2.75) is 13.8 Å². The summed E-state index contributed by atoms with van der Waals surface area (Å²) in [6, 6.07) is 7.97. The van der Waals surface area contributed by atoms with Crippen LogP contribution in [-0.4, -0.2) is 18.1 Å². The highest BCUT2D eigenvalue weighted by Gasteiger charge is 2.10. The molecule has 0 aliphatic carbocycles. The van der Waals surface area contributed by atoms with Crippen molar-refractivity contribution in [3.8, 4) is 0 Å². The number of fused-ring (bicyclic) bond motifs is 1.